The molecule has 24 heavy (non-hydrogen) atoms. The zero-order valence-corrected chi connectivity index (χ0v) is 14.0. The highest BCUT2D eigenvalue weighted by Crippen LogP contribution is 2.32. The van der Waals surface area contributed by atoms with Crippen molar-refractivity contribution in [3.05, 3.63) is 35.5 Å². The average molecular weight is 331 g/mol. The van der Waals surface area contributed by atoms with E-state index in [0.29, 0.717) is 35.9 Å². The second-order valence-corrected chi connectivity index (χ2v) is 4.95. The summed E-state index contributed by atoms with van der Waals surface area (Å²) in [5.74, 6) is 0.177. The number of benzene rings is 1. The second kappa shape index (κ2) is 8.26. The van der Waals surface area contributed by atoms with E-state index in [0.717, 1.165) is 0 Å². The van der Waals surface area contributed by atoms with Gasteiger partial charge in [-0.3, -0.25) is 0 Å². The van der Waals surface area contributed by atoms with E-state index in [4.69, 9.17) is 19.9 Å². The number of rotatable bonds is 7. The summed E-state index contributed by atoms with van der Waals surface area (Å²) in [6, 6.07) is 7.29. The summed E-state index contributed by atoms with van der Waals surface area (Å²) in [7, 11) is 1.60. The van der Waals surface area contributed by atoms with Crippen LogP contribution in [-0.4, -0.2) is 42.9 Å². The molecule has 2 N–H and O–H groups in total. The molecule has 7 nitrogen and oxygen atoms in total. The predicted molar refractivity (Wildman–Crippen MR) is 89.9 cm³/mol. The normalized spacial score (nSPS) is 10.5. The fourth-order valence-corrected chi connectivity index (χ4v) is 2.26. The molecule has 0 bridgehead atoms. The van der Waals surface area contributed by atoms with Crippen LogP contribution in [0, 0.1) is 6.92 Å². The third kappa shape index (κ3) is 3.99. The minimum absolute atomic E-state index is 0.0854. The zero-order chi connectivity index (χ0) is 17.5. The number of hydrogen-bond donors (Lipinski definition) is 1. The second-order valence-electron chi connectivity index (χ2n) is 4.95. The minimum Gasteiger partial charge on any atom is -0.490 e. The number of ether oxygens (including phenoxy) is 3. The lowest BCUT2D eigenvalue weighted by molar-refractivity contribution is 0.0525. The van der Waals surface area contributed by atoms with Crippen molar-refractivity contribution in [2.45, 2.75) is 13.8 Å². The van der Waals surface area contributed by atoms with Gasteiger partial charge in [0.05, 0.1) is 24.6 Å². The summed E-state index contributed by atoms with van der Waals surface area (Å²) in [5.41, 5.74) is 7.57. The Morgan fingerprint density at radius 3 is 2.67 bits per heavy atom. The largest absolute Gasteiger partial charge is 0.490 e. The molecule has 0 unspecified atom stereocenters. The maximum atomic E-state index is 12.3. The van der Waals surface area contributed by atoms with Gasteiger partial charge in [-0.1, -0.05) is 12.1 Å². The molecule has 7 heteroatoms. The van der Waals surface area contributed by atoms with Crippen molar-refractivity contribution in [3.8, 4) is 17.0 Å². The average Bonchev–Trinajstić information content (AvgIpc) is 2.55. The molecule has 0 atom stereocenters. The molecule has 0 saturated carbocycles. The summed E-state index contributed by atoms with van der Waals surface area (Å²) in [5, 5.41) is 0. The maximum Gasteiger partial charge on any atom is 0.342 e. The summed E-state index contributed by atoms with van der Waals surface area (Å²) < 4.78 is 15.9. The summed E-state index contributed by atoms with van der Waals surface area (Å²) in [4.78, 5) is 20.7. The molecule has 0 aliphatic rings. The molecule has 0 aliphatic heterocycles. The van der Waals surface area contributed by atoms with Crippen LogP contribution in [0.5, 0.6) is 5.75 Å². The number of anilines is 1. The van der Waals surface area contributed by atoms with Crippen molar-refractivity contribution >= 4 is 11.9 Å². The molecular formula is C17H21N3O4. The number of aryl methyl sites for hydroxylation is 1. The zero-order valence-electron chi connectivity index (χ0n) is 14.0. The first-order valence-corrected chi connectivity index (χ1v) is 7.60. The van der Waals surface area contributed by atoms with Gasteiger partial charge in [-0.2, -0.15) is 0 Å². The standard InChI is InChI=1S/C17H21N3O4/c1-4-23-16(21)14-11(2)19-17(18)20-15(14)12-7-5-6-8-13(12)24-10-9-22-3/h5-8H,4,9-10H2,1-3H3,(H2,18,19,20). The van der Waals surface area contributed by atoms with Gasteiger partial charge in [-0.15, -0.1) is 0 Å². The first-order valence-electron chi connectivity index (χ1n) is 7.60. The molecule has 1 aromatic heterocycles. The van der Waals surface area contributed by atoms with Gasteiger partial charge in [-0.05, 0) is 26.0 Å². The number of esters is 1. The van der Waals surface area contributed by atoms with E-state index in [2.05, 4.69) is 9.97 Å². The molecule has 2 rings (SSSR count). The molecule has 0 radical (unpaired) electrons. The van der Waals surface area contributed by atoms with Gasteiger partial charge < -0.3 is 19.9 Å². The van der Waals surface area contributed by atoms with Crippen LogP contribution in [0.25, 0.3) is 11.3 Å². The Kier molecular flexibility index (Phi) is 6.08. The van der Waals surface area contributed by atoms with Crippen LogP contribution in [0.4, 0.5) is 5.95 Å². The molecule has 0 saturated heterocycles. The van der Waals surface area contributed by atoms with E-state index < -0.39 is 5.97 Å². The van der Waals surface area contributed by atoms with Crippen LogP contribution >= 0.6 is 0 Å². The Morgan fingerprint density at radius 2 is 1.96 bits per heavy atom. The van der Waals surface area contributed by atoms with Gasteiger partial charge in [0.2, 0.25) is 5.95 Å². The number of nitrogen functional groups attached to an aromatic ring is 1. The number of hydrogen-bond acceptors (Lipinski definition) is 7. The fraction of sp³-hybridized carbons (Fsp3) is 0.353. The highest BCUT2D eigenvalue weighted by Gasteiger charge is 2.22. The molecule has 0 amide bonds. The van der Waals surface area contributed by atoms with Gasteiger partial charge >= 0.3 is 5.97 Å². The summed E-state index contributed by atoms with van der Waals surface area (Å²) in [6.07, 6.45) is 0. The van der Waals surface area contributed by atoms with Crippen molar-refractivity contribution in [2.24, 2.45) is 0 Å². The molecule has 1 heterocycles. The highest BCUT2D eigenvalue weighted by molar-refractivity contribution is 5.98. The Balaban J connectivity index is 2.53. The van der Waals surface area contributed by atoms with Crippen LogP contribution in [0.3, 0.4) is 0 Å². The molecule has 1 aromatic carbocycles. The van der Waals surface area contributed by atoms with Crippen molar-refractivity contribution in [2.75, 3.05) is 32.7 Å². The number of para-hydroxylation sites is 1. The van der Waals surface area contributed by atoms with Crippen LogP contribution < -0.4 is 10.5 Å². The van der Waals surface area contributed by atoms with Crippen molar-refractivity contribution in [1.82, 2.24) is 9.97 Å². The number of nitrogens with zero attached hydrogens (tertiary/aromatic N) is 2. The Hall–Kier alpha value is -2.67. The first-order chi connectivity index (χ1) is 11.6. The van der Waals surface area contributed by atoms with Gasteiger partial charge in [0, 0.05) is 12.7 Å². The molecule has 128 valence electrons. The Bertz CT molecular complexity index is 719. The molecular weight excluding hydrogens is 310 g/mol. The van der Waals surface area contributed by atoms with E-state index in [1.165, 1.54) is 0 Å². The smallest absolute Gasteiger partial charge is 0.342 e. The fourth-order valence-electron chi connectivity index (χ4n) is 2.26. The quantitative estimate of drug-likeness (QED) is 0.614. The monoisotopic (exact) mass is 331 g/mol. The van der Waals surface area contributed by atoms with Gasteiger partial charge in [0.25, 0.3) is 0 Å². The Morgan fingerprint density at radius 1 is 1.21 bits per heavy atom. The first kappa shape index (κ1) is 17.7. The van der Waals surface area contributed by atoms with E-state index in [-0.39, 0.29) is 18.1 Å². The lowest BCUT2D eigenvalue weighted by atomic mass is 10.0. The third-order valence-electron chi connectivity index (χ3n) is 3.27. The van der Waals surface area contributed by atoms with Crippen molar-refractivity contribution in [3.63, 3.8) is 0 Å². The van der Waals surface area contributed by atoms with E-state index in [1.807, 2.05) is 18.2 Å². The van der Waals surface area contributed by atoms with Gasteiger partial charge in [-0.25, -0.2) is 14.8 Å². The number of aromatic nitrogens is 2. The topological polar surface area (TPSA) is 96.6 Å². The van der Waals surface area contributed by atoms with Crippen LogP contribution in [0.15, 0.2) is 24.3 Å². The van der Waals surface area contributed by atoms with Crippen molar-refractivity contribution < 1.29 is 19.0 Å². The number of nitrogens with two attached hydrogens (primary N) is 1. The van der Waals surface area contributed by atoms with E-state index in [9.17, 15) is 4.79 Å². The maximum absolute atomic E-state index is 12.3. The minimum atomic E-state index is -0.489. The van der Waals surface area contributed by atoms with Gasteiger partial charge in [0.15, 0.2) is 0 Å². The number of carbonyl (C=O) groups is 1. The number of carbonyl (C=O) groups excluding carboxylic acids is 1. The molecule has 0 spiro atoms. The molecule has 0 fully saturated rings. The highest BCUT2D eigenvalue weighted by atomic mass is 16.5. The summed E-state index contributed by atoms with van der Waals surface area (Å²) >= 11 is 0. The van der Waals surface area contributed by atoms with Crippen LogP contribution in [-0.2, 0) is 9.47 Å². The van der Waals surface area contributed by atoms with E-state index in [1.54, 1.807) is 27.0 Å². The lowest BCUT2D eigenvalue weighted by Gasteiger charge is -2.15. The van der Waals surface area contributed by atoms with Crippen molar-refractivity contribution in [1.29, 1.82) is 0 Å². The van der Waals surface area contributed by atoms with Crippen LogP contribution in [0.2, 0.25) is 0 Å². The molecule has 0 aliphatic carbocycles. The van der Waals surface area contributed by atoms with E-state index >= 15 is 0 Å². The predicted octanol–water partition coefficient (Wildman–Crippen LogP) is 2.24. The molecule has 2 aromatic rings. The van der Waals surface area contributed by atoms with Crippen LogP contribution in [0.1, 0.15) is 23.0 Å². The lowest BCUT2D eigenvalue weighted by Crippen LogP contribution is -2.14. The Labute approximate surface area is 140 Å². The SMILES string of the molecule is CCOC(=O)c1c(C)nc(N)nc1-c1ccccc1OCCOC. The van der Waals surface area contributed by atoms with Gasteiger partial charge in [0.1, 0.15) is 17.9 Å². The summed E-state index contributed by atoms with van der Waals surface area (Å²) in [6.45, 7) is 4.52. The third-order valence-corrected chi connectivity index (χ3v) is 3.27. The number of methoxy groups -OCH3 is 1.